The molecule has 1 aliphatic heterocycles. The van der Waals surface area contributed by atoms with Gasteiger partial charge in [-0.1, -0.05) is 12.1 Å². The lowest BCUT2D eigenvalue weighted by Crippen LogP contribution is -2.41. The molecule has 1 amide bonds. The Morgan fingerprint density at radius 2 is 2.03 bits per heavy atom. The first-order valence-electron chi connectivity index (χ1n) is 10.5. The van der Waals surface area contributed by atoms with E-state index < -0.39 is 23.7 Å². The fraction of sp³-hybridized carbons (Fsp3) is 0.500. The molecule has 0 aromatic heterocycles. The molecule has 0 saturated heterocycles. The van der Waals surface area contributed by atoms with Crippen molar-refractivity contribution >= 4 is 12.1 Å². The number of amides is 1. The normalized spacial score (nSPS) is 16.3. The van der Waals surface area contributed by atoms with E-state index in [1.165, 1.54) is 7.11 Å². The van der Waals surface area contributed by atoms with Crippen molar-refractivity contribution in [3.05, 3.63) is 53.8 Å². The number of allylic oxidation sites excluding steroid dienone is 1. The molecule has 1 atom stereocenters. The summed E-state index contributed by atoms with van der Waals surface area (Å²) in [5, 5.41) is 10.2. The Morgan fingerprint density at radius 1 is 1.29 bits per heavy atom. The van der Waals surface area contributed by atoms with Crippen LogP contribution in [0.5, 0.6) is 5.75 Å². The second-order valence-electron chi connectivity index (χ2n) is 8.43. The largest absolute Gasteiger partial charge is 0.512 e. The van der Waals surface area contributed by atoms with Gasteiger partial charge in [-0.3, -0.25) is 4.90 Å². The third-order valence-corrected chi connectivity index (χ3v) is 4.78. The van der Waals surface area contributed by atoms with E-state index in [4.69, 9.17) is 14.2 Å². The van der Waals surface area contributed by atoms with Gasteiger partial charge in [0.25, 0.3) is 0 Å². The number of hydrogen-bond acceptors (Lipinski definition) is 6. The number of hydrogen-bond donors (Lipinski definition) is 1. The van der Waals surface area contributed by atoms with Crippen molar-refractivity contribution in [3.63, 3.8) is 0 Å². The molecule has 1 aliphatic rings. The molecule has 0 fully saturated rings. The van der Waals surface area contributed by atoms with Crippen LogP contribution in [0, 0.1) is 0 Å². The summed E-state index contributed by atoms with van der Waals surface area (Å²) >= 11 is 0. The Bertz CT molecular complexity index is 824. The van der Waals surface area contributed by atoms with Crippen LogP contribution in [0.3, 0.4) is 0 Å². The van der Waals surface area contributed by atoms with E-state index in [1.807, 2.05) is 6.08 Å². The van der Waals surface area contributed by atoms with Gasteiger partial charge < -0.3 is 19.3 Å². The predicted molar refractivity (Wildman–Crippen MR) is 118 cm³/mol. The highest BCUT2D eigenvalue weighted by Gasteiger charge is 2.34. The Kier molecular flexibility index (Phi) is 8.54. The van der Waals surface area contributed by atoms with Crippen LogP contribution in [-0.2, 0) is 9.47 Å². The third kappa shape index (κ3) is 7.05. The number of ether oxygens (including phenoxy) is 3. The molecule has 7 nitrogen and oxygen atoms in total. The van der Waals surface area contributed by atoms with Gasteiger partial charge in [-0.25, -0.2) is 9.59 Å². The lowest BCUT2D eigenvalue weighted by molar-refractivity contribution is 0.0153. The highest BCUT2D eigenvalue weighted by Crippen LogP contribution is 2.37. The molecule has 1 aromatic carbocycles. The maximum atomic E-state index is 12.8. The molecule has 1 aromatic rings. The number of carbonyl (C=O) groups is 2. The second-order valence-corrected chi connectivity index (χ2v) is 8.43. The molecule has 0 aliphatic carbocycles. The van der Waals surface area contributed by atoms with Gasteiger partial charge >= 0.3 is 12.1 Å². The summed E-state index contributed by atoms with van der Waals surface area (Å²) in [6.07, 6.45) is 5.86. The van der Waals surface area contributed by atoms with Gasteiger partial charge in [0.15, 0.2) is 0 Å². The van der Waals surface area contributed by atoms with Crippen LogP contribution in [0.25, 0.3) is 0 Å². The van der Waals surface area contributed by atoms with E-state index in [9.17, 15) is 14.7 Å². The summed E-state index contributed by atoms with van der Waals surface area (Å²) < 4.78 is 16.4. The minimum Gasteiger partial charge on any atom is -0.512 e. The van der Waals surface area contributed by atoms with Crippen molar-refractivity contribution in [2.24, 2.45) is 0 Å². The summed E-state index contributed by atoms with van der Waals surface area (Å²) in [5.41, 5.74) is 0.401. The van der Waals surface area contributed by atoms with Crippen molar-refractivity contribution in [1.29, 1.82) is 0 Å². The van der Waals surface area contributed by atoms with E-state index in [1.54, 1.807) is 49.9 Å². The summed E-state index contributed by atoms with van der Waals surface area (Å²) in [5.74, 6) is 0.201. The van der Waals surface area contributed by atoms with E-state index in [0.717, 1.165) is 19.3 Å². The van der Waals surface area contributed by atoms with Gasteiger partial charge in [-0.05, 0) is 58.2 Å². The van der Waals surface area contributed by atoms with Crippen LogP contribution >= 0.6 is 0 Å². The zero-order chi connectivity index (χ0) is 23.0. The van der Waals surface area contributed by atoms with E-state index in [2.05, 4.69) is 6.58 Å². The number of methoxy groups -OCH3 is 1. The number of carbonyl (C=O) groups excluding carboxylic acids is 2. The van der Waals surface area contributed by atoms with Crippen LogP contribution in [0.4, 0.5) is 4.79 Å². The van der Waals surface area contributed by atoms with Crippen molar-refractivity contribution in [2.75, 3.05) is 20.3 Å². The number of aliphatic hydroxyl groups excluding tert-OH is 1. The molecular formula is C24H33NO6. The minimum atomic E-state index is -0.649. The van der Waals surface area contributed by atoms with Gasteiger partial charge in [0, 0.05) is 18.5 Å². The maximum Gasteiger partial charge on any atom is 0.411 e. The van der Waals surface area contributed by atoms with Crippen molar-refractivity contribution in [1.82, 2.24) is 4.90 Å². The maximum absolute atomic E-state index is 12.8. The molecule has 31 heavy (non-hydrogen) atoms. The highest BCUT2D eigenvalue weighted by molar-refractivity contribution is 5.90. The summed E-state index contributed by atoms with van der Waals surface area (Å²) in [6.45, 7) is 9.80. The van der Waals surface area contributed by atoms with Crippen LogP contribution < -0.4 is 4.74 Å². The summed E-state index contributed by atoms with van der Waals surface area (Å²) in [7, 11) is 1.32. The molecule has 0 spiro atoms. The number of esters is 1. The monoisotopic (exact) mass is 431 g/mol. The Morgan fingerprint density at radius 3 is 2.68 bits per heavy atom. The third-order valence-electron chi connectivity index (χ3n) is 4.78. The zero-order valence-electron chi connectivity index (χ0n) is 18.8. The van der Waals surface area contributed by atoms with E-state index >= 15 is 0 Å². The number of rotatable bonds is 8. The van der Waals surface area contributed by atoms with Crippen molar-refractivity contribution in [2.45, 2.75) is 58.1 Å². The first-order valence-corrected chi connectivity index (χ1v) is 10.5. The Balaban J connectivity index is 2.36. The zero-order valence-corrected chi connectivity index (χ0v) is 18.8. The smallest absolute Gasteiger partial charge is 0.411 e. The molecule has 170 valence electrons. The molecule has 0 bridgehead atoms. The average molecular weight is 432 g/mol. The average Bonchev–Trinajstić information content (AvgIpc) is 2.71. The lowest BCUT2D eigenvalue weighted by atomic mass is 9.96. The standard InChI is InChI=1S/C24H33NO6/c1-6-7-8-9-14-30-21-15-17(22(27)29-5)10-11-19(21)20-16-18(26)12-13-25(20)23(28)31-24(2,3)4/h6,10-12,15,20,26H,1,7-9,13-14,16H2,2-5H3/t20-/m0/s1. The van der Waals surface area contributed by atoms with Crippen LogP contribution in [-0.4, -0.2) is 47.9 Å². The van der Waals surface area contributed by atoms with Gasteiger partial charge in [-0.15, -0.1) is 6.58 Å². The molecule has 0 unspecified atom stereocenters. The number of benzene rings is 1. The molecule has 0 saturated carbocycles. The Hall–Kier alpha value is -2.96. The fourth-order valence-corrected chi connectivity index (χ4v) is 3.28. The Labute approximate surface area is 184 Å². The highest BCUT2D eigenvalue weighted by atomic mass is 16.6. The van der Waals surface area contributed by atoms with E-state index in [-0.39, 0.29) is 18.7 Å². The molecule has 1 heterocycles. The van der Waals surface area contributed by atoms with Crippen LogP contribution in [0.2, 0.25) is 0 Å². The summed E-state index contributed by atoms with van der Waals surface area (Å²) in [4.78, 5) is 26.4. The fourth-order valence-electron chi connectivity index (χ4n) is 3.28. The van der Waals surface area contributed by atoms with Gasteiger partial charge in [0.1, 0.15) is 11.4 Å². The van der Waals surface area contributed by atoms with Crippen molar-refractivity contribution in [3.8, 4) is 5.75 Å². The van der Waals surface area contributed by atoms with Crippen molar-refractivity contribution < 1.29 is 28.9 Å². The molecule has 1 N–H and O–H groups in total. The molecule has 0 radical (unpaired) electrons. The SMILES string of the molecule is C=CCCCCOc1cc(C(=O)OC)ccc1[C@@H]1CC(O)=CCN1C(=O)OC(C)(C)C. The minimum absolute atomic E-state index is 0.193. The van der Waals surface area contributed by atoms with E-state index in [0.29, 0.717) is 23.5 Å². The van der Waals surface area contributed by atoms with Gasteiger partial charge in [0.2, 0.25) is 0 Å². The first kappa shape index (κ1) is 24.3. The molecule has 7 heteroatoms. The molecule has 2 rings (SSSR count). The van der Waals surface area contributed by atoms with Crippen LogP contribution in [0.15, 0.2) is 42.7 Å². The van der Waals surface area contributed by atoms with Gasteiger partial charge in [-0.2, -0.15) is 0 Å². The van der Waals surface area contributed by atoms with Crippen LogP contribution in [0.1, 0.15) is 68.4 Å². The first-order chi connectivity index (χ1) is 14.7. The molecular weight excluding hydrogens is 398 g/mol. The second kappa shape index (κ2) is 10.9. The lowest BCUT2D eigenvalue weighted by Gasteiger charge is -2.36. The van der Waals surface area contributed by atoms with Gasteiger partial charge in [0.05, 0.1) is 31.1 Å². The quantitative estimate of drug-likeness (QED) is 0.340. The number of unbranched alkanes of at least 4 members (excludes halogenated alkanes) is 2. The predicted octanol–water partition coefficient (Wildman–Crippen LogP) is 5.33. The number of aliphatic hydroxyl groups is 1. The topological polar surface area (TPSA) is 85.3 Å². The summed E-state index contributed by atoms with van der Waals surface area (Å²) in [6, 6.07) is 4.51. The number of nitrogens with zero attached hydrogens (tertiary/aromatic N) is 1.